The number of pyridine rings is 1. The summed E-state index contributed by atoms with van der Waals surface area (Å²) in [5.74, 6) is -2.18. The summed E-state index contributed by atoms with van der Waals surface area (Å²) < 4.78 is 72.0. The van der Waals surface area contributed by atoms with Crippen molar-refractivity contribution in [1.29, 1.82) is 5.26 Å². The van der Waals surface area contributed by atoms with Crippen LogP contribution >= 0.6 is 0 Å². The van der Waals surface area contributed by atoms with Crippen molar-refractivity contribution in [3.05, 3.63) is 58.4 Å². The number of ketones is 1. The smallest absolute Gasteiger partial charge is 0.496 e. The van der Waals surface area contributed by atoms with Crippen LogP contribution in [-0.2, 0) is 14.9 Å². The molecule has 1 aliphatic heterocycles. The number of benzene rings is 1. The number of nitrogens with zero attached hydrogens (tertiary/aromatic N) is 2. The number of hydrogen-bond donors (Lipinski definition) is 1. The highest BCUT2D eigenvalue weighted by molar-refractivity contribution is 7.87. The van der Waals surface area contributed by atoms with Gasteiger partial charge in [-0.15, -0.1) is 0 Å². The van der Waals surface area contributed by atoms with Crippen LogP contribution in [0.2, 0.25) is 0 Å². The van der Waals surface area contributed by atoms with Crippen LogP contribution in [0, 0.1) is 11.3 Å². The zero-order valence-corrected chi connectivity index (χ0v) is 17.8. The molecule has 168 valence electrons. The van der Waals surface area contributed by atoms with Crippen molar-refractivity contribution in [3.63, 3.8) is 0 Å². The van der Waals surface area contributed by atoms with Crippen molar-refractivity contribution >= 4 is 21.6 Å². The van der Waals surface area contributed by atoms with Crippen molar-refractivity contribution in [3.8, 4) is 17.7 Å². The van der Waals surface area contributed by atoms with Gasteiger partial charge in [-0.3, -0.25) is 4.79 Å². The van der Waals surface area contributed by atoms with E-state index in [1.54, 1.807) is 6.92 Å². The number of anilines is 1. The van der Waals surface area contributed by atoms with Gasteiger partial charge in [0.2, 0.25) is 5.88 Å². The second-order valence-corrected chi connectivity index (χ2v) is 8.32. The van der Waals surface area contributed by atoms with E-state index < -0.39 is 33.2 Å². The van der Waals surface area contributed by atoms with Crippen LogP contribution < -0.4 is 14.2 Å². The number of hydrogen-bond acceptors (Lipinski definition) is 8. The first-order valence-corrected chi connectivity index (χ1v) is 10.4. The first-order chi connectivity index (χ1) is 14.9. The number of halogens is 3. The number of nitrogens with one attached hydrogen (secondary N) is 1. The molecule has 0 radical (unpaired) electrons. The molecule has 32 heavy (non-hydrogen) atoms. The van der Waals surface area contributed by atoms with Crippen LogP contribution in [0.3, 0.4) is 0 Å². The van der Waals surface area contributed by atoms with Crippen LogP contribution in [0.4, 0.5) is 18.9 Å². The predicted octanol–water partition coefficient (Wildman–Crippen LogP) is 3.61. The van der Waals surface area contributed by atoms with Crippen molar-refractivity contribution in [2.75, 3.05) is 12.4 Å². The summed E-state index contributed by atoms with van der Waals surface area (Å²) in [6.45, 7) is 2.86. The average molecular weight is 467 g/mol. The number of carbonyl (C=O) groups is 1. The summed E-state index contributed by atoms with van der Waals surface area (Å²) in [6, 6.07) is 7.66. The maximum Gasteiger partial charge on any atom is 0.534 e. The Balaban J connectivity index is 2.33. The molecule has 1 atom stereocenters. The van der Waals surface area contributed by atoms with Crippen molar-refractivity contribution in [1.82, 2.24) is 4.98 Å². The number of alkyl halides is 3. The van der Waals surface area contributed by atoms with Gasteiger partial charge >= 0.3 is 15.6 Å². The quantitative estimate of drug-likeness (QED) is 0.523. The average Bonchev–Trinajstić information content (AvgIpc) is 2.71. The fourth-order valence-electron chi connectivity index (χ4n) is 3.49. The summed E-state index contributed by atoms with van der Waals surface area (Å²) in [7, 11) is -4.71. The topological polar surface area (TPSA) is 118 Å². The van der Waals surface area contributed by atoms with Crippen molar-refractivity contribution in [2.45, 2.75) is 25.3 Å². The molecule has 3 rings (SSSR count). The minimum atomic E-state index is -6.03. The van der Waals surface area contributed by atoms with E-state index in [0.29, 0.717) is 11.3 Å². The minimum absolute atomic E-state index is 0.0980. The van der Waals surface area contributed by atoms with E-state index in [1.165, 1.54) is 38.3 Å². The molecule has 1 aromatic heterocycles. The Labute approximate surface area is 181 Å². The van der Waals surface area contributed by atoms with Crippen LogP contribution in [0.5, 0.6) is 11.6 Å². The lowest BCUT2D eigenvalue weighted by atomic mass is 9.79. The summed E-state index contributed by atoms with van der Waals surface area (Å²) in [5, 5.41) is 12.1. The molecule has 2 aromatic rings. The largest absolute Gasteiger partial charge is 0.534 e. The first kappa shape index (κ1) is 23.1. The molecule has 1 unspecified atom stereocenters. The van der Waals surface area contributed by atoms with Gasteiger partial charge < -0.3 is 14.2 Å². The van der Waals surface area contributed by atoms with Gasteiger partial charge in [-0.1, -0.05) is 6.07 Å². The summed E-state index contributed by atoms with van der Waals surface area (Å²) in [5.41, 5.74) is -4.49. The van der Waals surface area contributed by atoms with Gasteiger partial charge in [0, 0.05) is 28.7 Å². The van der Waals surface area contributed by atoms with Crippen molar-refractivity contribution < 1.29 is 35.3 Å². The molecule has 0 saturated carbocycles. The second-order valence-electron chi connectivity index (χ2n) is 6.78. The minimum Gasteiger partial charge on any atom is -0.496 e. The van der Waals surface area contributed by atoms with Crippen LogP contribution in [0.25, 0.3) is 0 Å². The third-order valence-corrected chi connectivity index (χ3v) is 5.73. The molecule has 1 aromatic carbocycles. The van der Waals surface area contributed by atoms with Gasteiger partial charge in [-0.2, -0.15) is 26.9 Å². The van der Waals surface area contributed by atoms with E-state index in [2.05, 4.69) is 14.5 Å². The van der Waals surface area contributed by atoms with Gasteiger partial charge in [-0.25, -0.2) is 4.98 Å². The highest BCUT2D eigenvalue weighted by atomic mass is 32.2. The molecule has 0 spiro atoms. The molecular formula is C20H16F3N3O5S. The Bertz CT molecular complexity index is 1280. The van der Waals surface area contributed by atoms with Crippen LogP contribution in [-0.4, -0.2) is 31.8 Å². The number of methoxy groups -OCH3 is 1. The van der Waals surface area contributed by atoms with Crippen molar-refractivity contribution in [2.24, 2.45) is 0 Å². The zero-order chi connectivity index (χ0) is 23.8. The van der Waals surface area contributed by atoms with E-state index in [1.807, 2.05) is 6.07 Å². The van der Waals surface area contributed by atoms with Gasteiger partial charge in [0.25, 0.3) is 0 Å². The van der Waals surface area contributed by atoms with E-state index in [4.69, 9.17) is 10.00 Å². The molecule has 0 fully saturated rings. The van der Waals surface area contributed by atoms with E-state index >= 15 is 0 Å². The van der Waals surface area contributed by atoms with Gasteiger partial charge in [0.05, 0.1) is 30.2 Å². The fourth-order valence-corrected chi connectivity index (χ4v) is 3.92. The lowest BCUT2D eigenvalue weighted by molar-refractivity contribution is -0.113. The molecule has 0 bridgehead atoms. The van der Waals surface area contributed by atoms with Gasteiger partial charge in [0.15, 0.2) is 5.78 Å². The number of nitriles is 1. The molecule has 0 saturated heterocycles. The number of carbonyl (C=O) groups excluding carboxylic acids is 1. The standard InChI is InChI=1S/C20H16F3N3O5S/c1-10-16(11(2)27)17(13-5-4-12(9-24)8-15(13)30-3)18-14(26-10)6-7-25-19(18)31-32(28,29)20(21,22)23/h4-8,17,26H,1-3H3. The number of allylic oxidation sites excluding steroid dienone is 2. The lowest BCUT2D eigenvalue weighted by Gasteiger charge is -2.31. The summed E-state index contributed by atoms with van der Waals surface area (Å²) in [6.07, 6.45) is 1.08. The van der Waals surface area contributed by atoms with E-state index in [9.17, 15) is 26.4 Å². The molecule has 1 N–H and O–H groups in total. The Morgan fingerprint density at radius 3 is 2.53 bits per heavy atom. The van der Waals surface area contributed by atoms with Gasteiger partial charge in [0.1, 0.15) is 5.75 Å². The SMILES string of the molecule is COc1cc(C#N)ccc1C1C(C(C)=O)=C(C)Nc2ccnc(OS(=O)(=O)C(F)(F)F)c21. The molecule has 1 aliphatic rings. The Morgan fingerprint density at radius 2 is 1.97 bits per heavy atom. The number of aromatic nitrogens is 1. The molecular weight excluding hydrogens is 451 g/mol. The molecule has 0 aliphatic carbocycles. The number of rotatable bonds is 5. The highest BCUT2D eigenvalue weighted by Crippen LogP contribution is 2.48. The predicted molar refractivity (Wildman–Crippen MR) is 106 cm³/mol. The fraction of sp³-hybridized carbons (Fsp3) is 0.250. The molecule has 12 heteroatoms. The summed E-state index contributed by atoms with van der Waals surface area (Å²) >= 11 is 0. The monoisotopic (exact) mass is 467 g/mol. The van der Waals surface area contributed by atoms with Crippen LogP contribution in [0.1, 0.15) is 36.5 Å². The lowest BCUT2D eigenvalue weighted by Crippen LogP contribution is -2.30. The zero-order valence-electron chi connectivity index (χ0n) is 16.9. The highest BCUT2D eigenvalue weighted by Gasteiger charge is 2.50. The maximum absolute atomic E-state index is 13.0. The second kappa shape index (κ2) is 8.16. The molecule has 0 amide bonds. The first-order valence-electron chi connectivity index (χ1n) is 8.97. The maximum atomic E-state index is 13.0. The normalized spacial score (nSPS) is 16.0. The van der Waals surface area contributed by atoms with E-state index in [-0.39, 0.29) is 28.1 Å². The Kier molecular flexibility index (Phi) is 5.88. The third-order valence-electron chi connectivity index (χ3n) is 4.78. The third kappa shape index (κ3) is 3.99. The van der Waals surface area contributed by atoms with Gasteiger partial charge in [-0.05, 0) is 32.0 Å². The summed E-state index contributed by atoms with van der Waals surface area (Å²) in [4.78, 5) is 16.2. The Morgan fingerprint density at radius 1 is 1.28 bits per heavy atom. The number of fused-ring (bicyclic) bond motifs is 1. The van der Waals surface area contributed by atoms with E-state index in [0.717, 1.165) is 6.20 Å². The number of Topliss-reactive ketones (excluding diaryl/α,β-unsaturated/α-hetero) is 1. The molecule has 2 heterocycles. The Hall–Kier alpha value is -3.59. The molecule has 8 nitrogen and oxygen atoms in total. The number of ether oxygens (including phenoxy) is 1. The van der Waals surface area contributed by atoms with Crippen LogP contribution in [0.15, 0.2) is 41.7 Å².